The normalized spacial score (nSPS) is 19.8. The molecule has 0 radical (unpaired) electrons. The molecule has 1 aliphatic heterocycles. The second-order valence-electron chi connectivity index (χ2n) is 6.25. The van der Waals surface area contributed by atoms with E-state index in [0.717, 1.165) is 0 Å². The van der Waals surface area contributed by atoms with E-state index in [1.807, 2.05) is 0 Å². The number of quaternary nitrogens is 1. The highest BCUT2D eigenvalue weighted by Crippen LogP contribution is 2.41. The molecule has 1 N–H and O–H groups in total. The van der Waals surface area contributed by atoms with E-state index in [2.05, 4.69) is 0 Å². The first-order chi connectivity index (χ1) is 11.7. The first kappa shape index (κ1) is 17.3. The van der Waals surface area contributed by atoms with Crippen LogP contribution in [0.3, 0.4) is 0 Å². The lowest BCUT2D eigenvalue weighted by Crippen LogP contribution is -2.53. The van der Waals surface area contributed by atoms with E-state index in [-0.39, 0.29) is 16.6 Å². The van der Waals surface area contributed by atoms with Gasteiger partial charge < -0.3 is 5.11 Å². The zero-order valence-electron chi connectivity index (χ0n) is 13.7. The molecule has 1 aliphatic rings. The van der Waals surface area contributed by atoms with E-state index in [9.17, 15) is 19.1 Å². The average Bonchev–Trinajstić information content (AvgIpc) is 2.53. The Kier molecular flexibility index (Phi) is 4.22. The molecule has 2 aromatic rings. The minimum absolute atomic E-state index is 0.119. The van der Waals surface area contributed by atoms with Gasteiger partial charge in [-0.05, 0) is 36.8 Å². The van der Waals surface area contributed by atoms with Crippen molar-refractivity contribution in [2.45, 2.75) is 13.5 Å². The van der Waals surface area contributed by atoms with E-state index < -0.39 is 17.7 Å². The number of carbonyl (C=O) groups excluding carboxylic acids is 1. The molecule has 1 atom stereocenters. The van der Waals surface area contributed by atoms with Gasteiger partial charge in [0.05, 0.1) is 7.05 Å². The largest absolute Gasteiger partial charge is 0.477 e. The summed E-state index contributed by atoms with van der Waals surface area (Å²) in [6.45, 7) is 1.73. The molecule has 3 rings (SSSR count). The number of carboxylic acids is 1. The summed E-state index contributed by atoms with van der Waals surface area (Å²) in [5.74, 6) is -2.24. The first-order valence-electron chi connectivity index (χ1n) is 7.63. The van der Waals surface area contributed by atoms with Gasteiger partial charge in [-0.3, -0.25) is 0 Å². The Labute approximate surface area is 149 Å². The molecule has 0 aliphatic carbocycles. The van der Waals surface area contributed by atoms with E-state index in [0.29, 0.717) is 27.4 Å². The maximum Gasteiger partial charge on any atom is 0.358 e. The molecule has 1 amide bonds. The maximum absolute atomic E-state index is 13.6. The summed E-state index contributed by atoms with van der Waals surface area (Å²) >= 11 is 6.11. The van der Waals surface area contributed by atoms with Crippen molar-refractivity contribution in [3.63, 3.8) is 0 Å². The number of rotatable bonds is 3. The number of aliphatic carboxylic acids is 1. The van der Waals surface area contributed by atoms with Gasteiger partial charge in [0.25, 0.3) is 0 Å². The molecule has 0 bridgehead atoms. The minimum atomic E-state index is -1.27. The number of carboxylic acid groups (broad SMARTS) is 1. The van der Waals surface area contributed by atoms with Crippen LogP contribution < -0.4 is 4.48 Å². The van der Waals surface area contributed by atoms with Gasteiger partial charge in [0.15, 0.2) is 5.57 Å². The van der Waals surface area contributed by atoms with E-state index in [1.54, 1.807) is 44.3 Å². The van der Waals surface area contributed by atoms with Crippen molar-refractivity contribution in [2.24, 2.45) is 0 Å². The lowest BCUT2D eigenvalue weighted by Gasteiger charge is -2.36. The molecule has 1 heterocycles. The number of amides is 1. The third-order valence-electron chi connectivity index (χ3n) is 4.53. The zero-order chi connectivity index (χ0) is 18.4. The number of benzene rings is 2. The minimum Gasteiger partial charge on any atom is -0.477 e. The van der Waals surface area contributed by atoms with Crippen LogP contribution >= 0.6 is 11.6 Å². The van der Waals surface area contributed by atoms with Crippen LogP contribution in [-0.2, 0) is 16.1 Å². The summed E-state index contributed by atoms with van der Waals surface area (Å²) in [5.41, 5.74) is 1.99. The van der Waals surface area contributed by atoms with Crippen molar-refractivity contribution in [1.29, 1.82) is 0 Å². The fourth-order valence-electron chi connectivity index (χ4n) is 3.29. The Morgan fingerprint density at radius 1 is 1.24 bits per heavy atom. The van der Waals surface area contributed by atoms with Gasteiger partial charge in [0, 0.05) is 22.2 Å². The number of carbonyl (C=O) groups is 2. The molecular formula is C19H16ClFNO3+. The lowest BCUT2D eigenvalue weighted by atomic mass is 9.91. The molecule has 0 aromatic heterocycles. The molecule has 25 heavy (non-hydrogen) atoms. The Morgan fingerprint density at radius 2 is 1.96 bits per heavy atom. The third kappa shape index (κ3) is 2.86. The van der Waals surface area contributed by atoms with Gasteiger partial charge >= 0.3 is 11.9 Å². The predicted octanol–water partition coefficient (Wildman–Crippen LogP) is 4.01. The Hall–Kier alpha value is -2.50. The first-order valence-corrected chi connectivity index (χ1v) is 8.01. The van der Waals surface area contributed by atoms with Crippen molar-refractivity contribution in [1.82, 2.24) is 4.48 Å². The molecule has 4 nitrogen and oxygen atoms in total. The van der Waals surface area contributed by atoms with Gasteiger partial charge in [0.1, 0.15) is 18.0 Å². The van der Waals surface area contributed by atoms with E-state index in [1.165, 1.54) is 12.1 Å². The zero-order valence-corrected chi connectivity index (χ0v) is 14.5. The standard InChI is InChI=1S/C19H15ClFNO3/c1-11-15-7-6-13(20)9-16(15)22(2,18(23)17(11)19(24)25)10-12-4-3-5-14(21)8-12/h3-9H,10H2,1-2H3/p+1. The van der Waals surface area contributed by atoms with Crippen LogP contribution in [0.15, 0.2) is 48.0 Å². The van der Waals surface area contributed by atoms with Crippen molar-refractivity contribution < 1.29 is 19.1 Å². The number of hydrogen-bond acceptors (Lipinski definition) is 2. The number of likely N-dealkylation sites (N-methyl/N-ethyl adjacent to an activating group) is 1. The molecule has 0 saturated heterocycles. The second kappa shape index (κ2) is 6.10. The Balaban J connectivity index is 2.23. The summed E-state index contributed by atoms with van der Waals surface area (Å²) in [5, 5.41) is 9.97. The molecule has 0 saturated carbocycles. The van der Waals surface area contributed by atoms with Crippen LogP contribution in [0.5, 0.6) is 0 Å². The Bertz CT molecular complexity index is 938. The summed E-state index contributed by atoms with van der Waals surface area (Å²) < 4.78 is 13.2. The highest BCUT2D eigenvalue weighted by Gasteiger charge is 2.46. The lowest BCUT2D eigenvalue weighted by molar-refractivity contribution is -0.137. The van der Waals surface area contributed by atoms with Gasteiger partial charge in [-0.25, -0.2) is 18.5 Å². The topological polar surface area (TPSA) is 54.4 Å². The van der Waals surface area contributed by atoms with Crippen LogP contribution in [0.4, 0.5) is 10.1 Å². The maximum atomic E-state index is 13.6. The molecule has 128 valence electrons. The summed E-state index contributed by atoms with van der Waals surface area (Å²) in [4.78, 5) is 24.7. The van der Waals surface area contributed by atoms with Gasteiger partial charge in [-0.2, -0.15) is 0 Å². The Morgan fingerprint density at radius 3 is 2.60 bits per heavy atom. The number of halogens is 2. The quantitative estimate of drug-likeness (QED) is 0.664. The average molecular weight is 361 g/mol. The number of nitrogens with zero attached hydrogens (tertiary/aromatic N) is 1. The summed E-state index contributed by atoms with van der Waals surface area (Å²) in [6.07, 6.45) is 0. The number of allylic oxidation sites excluding steroid dienone is 1. The fourth-order valence-corrected chi connectivity index (χ4v) is 3.46. The van der Waals surface area contributed by atoms with Gasteiger partial charge in [0.2, 0.25) is 0 Å². The molecule has 0 fully saturated rings. The smallest absolute Gasteiger partial charge is 0.358 e. The summed E-state index contributed by atoms with van der Waals surface area (Å²) in [6, 6.07) is 11.0. The number of fused-ring (bicyclic) bond motifs is 1. The number of hydrogen-bond donors (Lipinski definition) is 1. The van der Waals surface area contributed by atoms with Crippen LogP contribution in [0, 0.1) is 5.82 Å². The van der Waals surface area contributed by atoms with Crippen LogP contribution in [0.25, 0.3) is 5.57 Å². The van der Waals surface area contributed by atoms with Crippen molar-refractivity contribution in [3.8, 4) is 0 Å². The second-order valence-corrected chi connectivity index (χ2v) is 6.69. The monoisotopic (exact) mass is 360 g/mol. The van der Waals surface area contributed by atoms with Crippen molar-refractivity contribution in [2.75, 3.05) is 7.05 Å². The van der Waals surface area contributed by atoms with Crippen LogP contribution in [0.1, 0.15) is 18.1 Å². The highest BCUT2D eigenvalue weighted by atomic mass is 35.5. The third-order valence-corrected chi connectivity index (χ3v) is 4.77. The van der Waals surface area contributed by atoms with Crippen LogP contribution in [-0.4, -0.2) is 24.0 Å². The van der Waals surface area contributed by atoms with Crippen LogP contribution in [0.2, 0.25) is 5.02 Å². The summed E-state index contributed by atoms with van der Waals surface area (Å²) in [7, 11) is 1.62. The van der Waals surface area contributed by atoms with E-state index in [4.69, 9.17) is 11.6 Å². The van der Waals surface area contributed by atoms with Gasteiger partial charge in [-0.1, -0.05) is 23.7 Å². The molecule has 0 spiro atoms. The predicted molar refractivity (Wildman–Crippen MR) is 94.5 cm³/mol. The van der Waals surface area contributed by atoms with Gasteiger partial charge in [-0.15, -0.1) is 0 Å². The molecule has 2 aromatic carbocycles. The van der Waals surface area contributed by atoms with E-state index >= 15 is 0 Å². The molecule has 1 unspecified atom stereocenters. The molecule has 6 heteroatoms. The molecular weight excluding hydrogens is 345 g/mol. The fraction of sp³-hybridized carbons (Fsp3) is 0.158. The van der Waals surface area contributed by atoms with Crippen molar-refractivity contribution >= 4 is 34.7 Å². The highest BCUT2D eigenvalue weighted by molar-refractivity contribution is 6.32. The SMILES string of the molecule is CC1=C(C(=O)O)C(=O)[N+](C)(Cc2cccc(F)c2)c2cc(Cl)ccc21. The van der Waals surface area contributed by atoms with Crippen molar-refractivity contribution in [3.05, 3.63) is 70.0 Å².